The summed E-state index contributed by atoms with van der Waals surface area (Å²) in [6.45, 7) is 23.1. The molecule has 1 aromatic rings. The van der Waals surface area contributed by atoms with Crippen molar-refractivity contribution in [1.82, 2.24) is 21.3 Å². The molecule has 0 aromatic heterocycles. The van der Waals surface area contributed by atoms with Crippen LogP contribution in [0.5, 0.6) is 0 Å². The lowest BCUT2D eigenvalue weighted by Gasteiger charge is -2.30. The number of urea groups is 1. The molecule has 6 amide bonds. The van der Waals surface area contributed by atoms with Crippen LogP contribution < -0.4 is 32.3 Å². The van der Waals surface area contributed by atoms with Crippen molar-refractivity contribution >= 4 is 57.7 Å². The number of Topliss-reactive ketones (excluding diaryl/α,β-unsaturated/α-hetero) is 1. The standard InChI is InChI=1S/C26H49N5O9S.C12H15NO3.C3H8.C2H6/c1-7-18(2)20(32)10-11-26(5,6)40-15-12-25(3,4)23(35)31-19(17-41(37,38)39)22(34)30-16-21(33)28-13-8-9-14-29-24(27)36;1-9(2)12(15)16-7-10-3-5-11(6-4-10)13-8-14;1-3-2;1-2/h18-19H,7-17H2,1-6H3,(H,28,33)(H,30,34)(H,31,35)(H3,27,29,36)(H,37,38,39);3-6,8-9H,7H2,1-2H3,(H,13,14);3H2,1-2H3;1-2H3. The maximum Gasteiger partial charge on any atom is 0.312 e. The van der Waals surface area contributed by atoms with Gasteiger partial charge in [-0.05, 0) is 63.6 Å². The van der Waals surface area contributed by atoms with Crippen molar-refractivity contribution in [2.75, 3.05) is 37.3 Å². The maximum absolute atomic E-state index is 13.0. The molecular weight excluding hydrogens is 825 g/mol. The highest BCUT2D eigenvalue weighted by Crippen LogP contribution is 2.25. The maximum atomic E-state index is 13.0. The Morgan fingerprint density at radius 2 is 1.42 bits per heavy atom. The molecule has 18 nitrogen and oxygen atoms in total. The van der Waals surface area contributed by atoms with E-state index in [1.807, 2.05) is 41.5 Å². The van der Waals surface area contributed by atoms with Gasteiger partial charge in [-0.15, -0.1) is 0 Å². The number of hydrogen-bond acceptors (Lipinski definition) is 11. The van der Waals surface area contributed by atoms with Crippen LogP contribution in [0.1, 0.15) is 134 Å². The lowest BCUT2D eigenvalue weighted by Crippen LogP contribution is -2.54. The number of hydrogen-bond donors (Lipinski definition) is 7. The highest BCUT2D eigenvalue weighted by atomic mass is 32.2. The van der Waals surface area contributed by atoms with Crippen molar-refractivity contribution in [2.24, 2.45) is 23.0 Å². The predicted octanol–water partition coefficient (Wildman–Crippen LogP) is 5.04. The predicted molar refractivity (Wildman–Crippen MR) is 241 cm³/mol. The molecule has 0 heterocycles. The van der Waals surface area contributed by atoms with Gasteiger partial charge in [-0.25, -0.2) is 4.79 Å². The molecule has 358 valence electrons. The van der Waals surface area contributed by atoms with E-state index < -0.39 is 63.2 Å². The highest BCUT2D eigenvalue weighted by Gasteiger charge is 2.34. The Labute approximate surface area is 370 Å². The van der Waals surface area contributed by atoms with Crippen molar-refractivity contribution < 1.29 is 56.0 Å². The first-order valence-corrected chi connectivity index (χ1v) is 22.9. The van der Waals surface area contributed by atoms with Crippen molar-refractivity contribution in [3.8, 4) is 0 Å². The minimum absolute atomic E-state index is 0.0148. The smallest absolute Gasteiger partial charge is 0.312 e. The first-order valence-electron chi connectivity index (χ1n) is 21.3. The van der Waals surface area contributed by atoms with E-state index in [9.17, 15) is 46.5 Å². The molecular formula is C43H78N6O12S. The number of amides is 6. The Morgan fingerprint density at radius 3 is 1.90 bits per heavy atom. The summed E-state index contributed by atoms with van der Waals surface area (Å²) < 4.78 is 43.3. The largest absolute Gasteiger partial charge is 0.461 e. The normalized spacial score (nSPS) is 11.9. The van der Waals surface area contributed by atoms with Crippen molar-refractivity contribution in [2.45, 2.75) is 146 Å². The lowest BCUT2D eigenvalue weighted by atomic mass is 9.88. The van der Waals surface area contributed by atoms with E-state index in [0.717, 1.165) is 12.0 Å². The number of nitrogens with one attached hydrogen (secondary N) is 5. The number of anilines is 1. The number of carbonyl (C=O) groups is 7. The highest BCUT2D eigenvalue weighted by molar-refractivity contribution is 7.85. The van der Waals surface area contributed by atoms with Gasteiger partial charge in [-0.3, -0.25) is 33.3 Å². The number of carbonyl (C=O) groups excluding carboxylic acids is 7. The van der Waals surface area contributed by atoms with Gasteiger partial charge in [0.2, 0.25) is 24.1 Å². The van der Waals surface area contributed by atoms with Gasteiger partial charge in [0, 0.05) is 43.1 Å². The Bertz CT molecular complexity index is 1590. The molecule has 1 rings (SSSR count). The van der Waals surface area contributed by atoms with Crippen LogP contribution in [0.25, 0.3) is 0 Å². The van der Waals surface area contributed by atoms with E-state index in [1.54, 1.807) is 52.0 Å². The van der Waals surface area contributed by atoms with Gasteiger partial charge in [0.05, 0.1) is 18.1 Å². The van der Waals surface area contributed by atoms with Crippen molar-refractivity contribution in [3.63, 3.8) is 0 Å². The van der Waals surface area contributed by atoms with Crippen LogP contribution in [0.3, 0.4) is 0 Å². The zero-order valence-electron chi connectivity index (χ0n) is 39.2. The molecule has 62 heavy (non-hydrogen) atoms. The summed E-state index contributed by atoms with van der Waals surface area (Å²) in [5, 5.41) is 12.1. The molecule has 0 spiro atoms. The Kier molecular flexibility index (Phi) is 33.8. The molecule has 2 unspecified atom stereocenters. The number of rotatable bonds is 26. The van der Waals surface area contributed by atoms with E-state index in [4.69, 9.17) is 15.2 Å². The molecule has 0 aliphatic heterocycles. The first kappa shape index (κ1) is 61.7. The molecule has 2 atom stereocenters. The second kappa shape index (κ2) is 33.9. The zero-order valence-corrected chi connectivity index (χ0v) is 40.1. The monoisotopic (exact) mass is 903 g/mol. The quantitative estimate of drug-likeness (QED) is 0.0279. The number of ether oxygens (including phenoxy) is 2. The molecule has 19 heteroatoms. The van der Waals surface area contributed by atoms with Crippen LogP contribution in [0.2, 0.25) is 0 Å². The number of primary amides is 1. The molecule has 0 radical (unpaired) electrons. The van der Waals surface area contributed by atoms with Gasteiger partial charge in [0.1, 0.15) is 24.2 Å². The van der Waals surface area contributed by atoms with E-state index in [2.05, 4.69) is 40.4 Å². The number of esters is 1. The Hall–Kier alpha value is -4.62. The Balaban J connectivity index is -0.00000136. The summed E-state index contributed by atoms with van der Waals surface area (Å²) in [7, 11) is -4.65. The molecule has 0 saturated heterocycles. The molecule has 0 fully saturated rings. The molecule has 1 aromatic carbocycles. The lowest BCUT2D eigenvalue weighted by molar-refractivity contribution is -0.148. The third-order valence-corrected chi connectivity index (χ3v) is 9.40. The van der Waals surface area contributed by atoms with Gasteiger partial charge < -0.3 is 41.8 Å². The van der Waals surface area contributed by atoms with Gasteiger partial charge in [0.25, 0.3) is 10.1 Å². The van der Waals surface area contributed by atoms with E-state index in [-0.39, 0.29) is 49.8 Å². The minimum Gasteiger partial charge on any atom is -0.461 e. The summed E-state index contributed by atoms with van der Waals surface area (Å²) in [6, 6.07) is 4.83. The van der Waals surface area contributed by atoms with Crippen molar-refractivity contribution in [1.29, 1.82) is 0 Å². The van der Waals surface area contributed by atoms with Crippen molar-refractivity contribution in [3.05, 3.63) is 29.8 Å². The summed E-state index contributed by atoms with van der Waals surface area (Å²) in [5.41, 5.74) is 4.87. The van der Waals surface area contributed by atoms with Gasteiger partial charge in [-0.1, -0.05) is 87.8 Å². The van der Waals surface area contributed by atoms with E-state index in [1.165, 1.54) is 6.42 Å². The van der Waals surface area contributed by atoms with Crippen LogP contribution in [-0.4, -0.2) is 98.5 Å². The van der Waals surface area contributed by atoms with Gasteiger partial charge in [-0.2, -0.15) is 8.42 Å². The van der Waals surface area contributed by atoms with Gasteiger partial charge >= 0.3 is 12.0 Å². The second-order valence-electron chi connectivity index (χ2n) is 15.8. The fraction of sp³-hybridized carbons (Fsp3) is 0.698. The number of nitrogens with two attached hydrogens (primary N) is 1. The van der Waals surface area contributed by atoms with Gasteiger partial charge in [0.15, 0.2) is 0 Å². The fourth-order valence-corrected chi connectivity index (χ4v) is 5.20. The van der Waals surface area contributed by atoms with Crippen LogP contribution in [-0.2, 0) is 55.0 Å². The molecule has 0 aliphatic carbocycles. The van der Waals surface area contributed by atoms with E-state index in [0.29, 0.717) is 44.3 Å². The zero-order chi connectivity index (χ0) is 48.5. The van der Waals surface area contributed by atoms with Crippen LogP contribution in [0.15, 0.2) is 24.3 Å². The minimum atomic E-state index is -4.65. The fourth-order valence-electron chi connectivity index (χ4n) is 4.54. The summed E-state index contributed by atoms with van der Waals surface area (Å²) >= 11 is 0. The Morgan fingerprint density at radius 1 is 0.871 bits per heavy atom. The van der Waals surface area contributed by atoms with E-state index >= 15 is 0 Å². The molecule has 0 aliphatic rings. The third-order valence-electron chi connectivity index (χ3n) is 8.65. The first-order chi connectivity index (χ1) is 28.8. The molecule has 8 N–H and O–H groups in total. The average molecular weight is 903 g/mol. The number of benzene rings is 1. The van der Waals surface area contributed by atoms with Crippen LogP contribution in [0, 0.1) is 17.3 Å². The number of ketones is 1. The molecule has 0 bridgehead atoms. The molecule has 0 saturated carbocycles. The SMILES string of the molecule is CC.CC(C)C(=O)OCc1ccc(NC=O)cc1.CCC.CCC(C)C(=O)CCC(C)(C)OCCC(C)(C)C(=O)NC(CS(=O)(=O)O)C(=O)NCC(=O)NCCCCNC(N)=O. The summed E-state index contributed by atoms with van der Waals surface area (Å²) in [5.74, 6) is -3.42. The van der Waals surface area contributed by atoms with Crippen LogP contribution >= 0.6 is 0 Å². The summed E-state index contributed by atoms with van der Waals surface area (Å²) in [4.78, 5) is 81.7. The van der Waals surface area contributed by atoms with Crippen LogP contribution in [0.4, 0.5) is 10.5 Å². The average Bonchev–Trinajstić information content (AvgIpc) is 3.19. The second-order valence-corrected chi connectivity index (χ2v) is 17.3. The summed E-state index contributed by atoms with van der Waals surface area (Å²) in [6.07, 6.45) is 4.85. The third kappa shape index (κ3) is 33.1. The number of unbranched alkanes of at least 4 members (excludes halogenated alkanes) is 1. The topological polar surface area (TPSA) is 278 Å².